The smallest absolute Gasteiger partial charge is 0.243 e. The van der Waals surface area contributed by atoms with E-state index < -0.39 is 0 Å². The molecule has 126 valence electrons. The monoisotopic (exact) mass is 318 g/mol. The minimum Gasteiger partial charge on any atom is -0.338 e. The number of aryl methyl sites for hydroxylation is 2. The average molecular weight is 318 g/mol. The first kappa shape index (κ1) is 16.1. The Balaban J connectivity index is 1.52. The standard InChI is InChI=1S/C16H26N6O/c1-4-5-14-18-16(23-19-14)13(2)22-10-8-21(9-11-22)12-15-17-6-7-20(15)3/h6-7,13H,4-5,8-12H2,1-3H3. The first-order valence-corrected chi connectivity index (χ1v) is 8.42. The SMILES string of the molecule is CCCc1noc(C(C)N2CCN(Cc3nccn3C)CC2)n1. The van der Waals surface area contributed by atoms with Gasteiger partial charge in [-0.15, -0.1) is 0 Å². The van der Waals surface area contributed by atoms with Crippen LogP contribution >= 0.6 is 0 Å². The number of hydrogen-bond donors (Lipinski definition) is 0. The summed E-state index contributed by atoms with van der Waals surface area (Å²) in [6.07, 6.45) is 5.78. The molecule has 3 rings (SSSR count). The van der Waals surface area contributed by atoms with E-state index in [-0.39, 0.29) is 6.04 Å². The Kier molecular flexibility index (Phi) is 5.07. The van der Waals surface area contributed by atoms with Crippen molar-refractivity contribution >= 4 is 0 Å². The molecule has 0 spiro atoms. The van der Waals surface area contributed by atoms with Crippen molar-refractivity contribution < 1.29 is 4.52 Å². The predicted molar refractivity (Wildman–Crippen MR) is 86.8 cm³/mol. The minimum atomic E-state index is 0.184. The highest BCUT2D eigenvalue weighted by molar-refractivity contribution is 4.95. The maximum atomic E-state index is 5.43. The molecular weight excluding hydrogens is 292 g/mol. The topological polar surface area (TPSA) is 63.2 Å². The van der Waals surface area contributed by atoms with Gasteiger partial charge >= 0.3 is 0 Å². The van der Waals surface area contributed by atoms with Crippen LogP contribution in [0.1, 0.15) is 43.8 Å². The maximum Gasteiger partial charge on any atom is 0.243 e. The molecule has 0 saturated carbocycles. The molecule has 23 heavy (non-hydrogen) atoms. The van der Waals surface area contributed by atoms with Crippen molar-refractivity contribution in [3.8, 4) is 0 Å². The van der Waals surface area contributed by atoms with Gasteiger partial charge < -0.3 is 9.09 Å². The third-order valence-electron chi connectivity index (χ3n) is 4.56. The molecule has 0 N–H and O–H groups in total. The van der Waals surface area contributed by atoms with Gasteiger partial charge in [-0.05, 0) is 13.3 Å². The van der Waals surface area contributed by atoms with Crippen LogP contribution in [0.4, 0.5) is 0 Å². The van der Waals surface area contributed by atoms with E-state index in [1.807, 2.05) is 19.4 Å². The normalized spacial score (nSPS) is 18.4. The second-order valence-electron chi connectivity index (χ2n) is 6.24. The summed E-state index contributed by atoms with van der Waals surface area (Å²) in [4.78, 5) is 13.8. The Morgan fingerprint density at radius 3 is 2.70 bits per heavy atom. The van der Waals surface area contributed by atoms with Crippen LogP contribution in [0.3, 0.4) is 0 Å². The van der Waals surface area contributed by atoms with Crippen LogP contribution < -0.4 is 0 Å². The van der Waals surface area contributed by atoms with Crippen LogP contribution in [0.5, 0.6) is 0 Å². The van der Waals surface area contributed by atoms with Gasteiger partial charge in [-0.1, -0.05) is 12.1 Å². The largest absolute Gasteiger partial charge is 0.338 e. The lowest BCUT2D eigenvalue weighted by Crippen LogP contribution is -2.46. The van der Waals surface area contributed by atoms with Gasteiger partial charge in [0.2, 0.25) is 5.89 Å². The summed E-state index contributed by atoms with van der Waals surface area (Å²) < 4.78 is 7.52. The van der Waals surface area contributed by atoms with Crippen molar-refractivity contribution in [1.29, 1.82) is 0 Å². The van der Waals surface area contributed by atoms with E-state index in [2.05, 4.69) is 43.3 Å². The zero-order chi connectivity index (χ0) is 16.2. The fourth-order valence-electron chi connectivity index (χ4n) is 2.98. The van der Waals surface area contributed by atoms with E-state index in [1.54, 1.807) is 0 Å². The van der Waals surface area contributed by atoms with E-state index in [0.29, 0.717) is 0 Å². The fraction of sp³-hybridized carbons (Fsp3) is 0.688. The third kappa shape index (κ3) is 3.79. The molecule has 1 atom stereocenters. The first-order valence-electron chi connectivity index (χ1n) is 8.42. The zero-order valence-corrected chi connectivity index (χ0v) is 14.3. The lowest BCUT2D eigenvalue weighted by atomic mass is 10.2. The lowest BCUT2D eigenvalue weighted by Gasteiger charge is -2.36. The van der Waals surface area contributed by atoms with Gasteiger partial charge in [-0.25, -0.2) is 4.98 Å². The lowest BCUT2D eigenvalue weighted by molar-refractivity contribution is 0.0827. The van der Waals surface area contributed by atoms with E-state index in [0.717, 1.165) is 63.1 Å². The molecule has 1 fully saturated rings. The molecule has 1 aliphatic heterocycles. The van der Waals surface area contributed by atoms with Crippen molar-refractivity contribution in [1.82, 2.24) is 29.5 Å². The fourth-order valence-corrected chi connectivity index (χ4v) is 2.98. The molecule has 1 unspecified atom stereocenters. The molecule has 0 aliphatic carbocycles. The summed E-state index contributed by atoms with van der Waals surface area (Å²) in [6.45, 7) is 9.28. The van der Waals surface area contributed by atoms with E-state index >= 15 is 0 Å². The molecule has 0 aromatic carbocycles. The Hall–Kier alpha value is -1.73. The van der Waals surface area contributed by atoms with Crippen molar-refractivity contribution in [3.05, 3.63) is 29.9 Å². The van der Waals surface area contributed by atoms with E-state index in [9.17, 15) is 0 Å². The second-order valence-corrected chi connectivity index (χ2v) is 6.24. The highest BCUT2D eigenvalue weighted by Crippen LogP contribution is 2.20. The summed E-state index contributed by atoms with van der Waals surface area (Å²) in [5, 5.41) is 4.06. The predicted octanol–water partition coefficient (Wildman–Crippen LogP) is 1.63. The second kappa shape index (κ2) is 7.23. The minimum absolute atomic E-state index is 0.184. The summed E-state index contributed by atoms with van der Waals surface area (Å²) >= 11 is 0. The Labute approximate surface area is 137 Å². The summed E-state index contributed by atoms with van der Waals surface area (Å²) in [7, 11) is 2.05. The van der Waals surface area contributed by atoms with Gasteiger partial charge in [0.05, 0.1) is 12.6 Å². The molecule has 0 radical (unpaired) electrons. The van der Waals surface area contributed by atoms with Crippen molar-refractivity contribution in [2.24, 2.45) is 7.05 Å². The van der Waals surface area contributed by atoms with Crippen LogP contribution in [0.25, 0.3) is 0 Å². The van der Waals surface area contributed by atoms with Gasteiger partial charge in [-0.2, -0.15) is 4.98 Å². The third-order valence-corrected chi connectivity index (χ3v) is 4.56. The first-order chi connectivity index (χ1) is 11.2. The van der Waals surface area contributed by atoms with Gasteiger partial charge in [0, 0.05) is 52.0 Å². The van der Waals surface area contributed by atoms with Crippen LogP contribution in [0, 0.1) is 0 Å². The number of nitrogens with zero attached hydrogens (tertiary/aromatic N) is 6. The molecule has 7 heteroatoms. The Bertz CT molecular complexity index is 614. The number of rotatable bonds is 6. The molecule has 1 saturated heterocycles. The van der Waals surface area contributed by atoms with Crippen LogP contribution in [-0.2, 0) is 20.0 Å². The average Bonchev–Trinajstić information content (AvgIpc) is 3.18. The molecule has 0 bridgehead atoms. The van der Waals surface area contributed by atoms with Crippen LogP contribution in [0.15, 0.2) is 16.9 Å². The number of hydrogen-bond acceptors (Lipinski definition) is 6. The molecule has 3 heterocycles. The van der Waals surface area contributed by atoms with Crippen LogP contribution in [-0.4, -0.2) is 55.7 Å². The molecule has 2 aromatic rings. The van der Waals surface area contributed by atoms with Crippen molar-refractivity contribution in [2.45, 2.75) is 39.3 Å². The zero-order valence-electron chi connectivity index (χ0n) is 14.3. The highest BCUT2D eigenvalue weighted by atomic mass is 16.5. The Morgan fingerprint density at radius 1 is 1.26 bits per heavy atom. The summed E-state index contributed by atoms with van der Waals surface area (Å²) in [6, 6.07) is 0.184. The number of piperazine rings is 1. The summed E-state index contributed by atoms with van der Waals surface area (Å²) in [5.74, 6) is 2.68. The quantitative estimate of drug-likeness (QED) is 0.807. The Morgan fingerprint density at radius 2 is 2.04 bits per heavy atom. The van der Waals surface area contributed by atoms with Crippen molar-refractivity contribution in [2.75, 3.05) is 26.2 Å². The number of imidazole rings is 1. The molecule has 1 aliphatic rings. The molecular formula is C16H26N6O. The van der Waals surface area contributed by atoms with Gasteiger partial charge in [-0.3, -0.25) is 9.80 Å². The molecule has 7 nitrogen and oxygen atoms in total. The van der Waals surface area contributed by atoms with E-state index in [4.69, 9.17) is 4.52 Å². The van der Waals surface area contributed by atoms with Gasteiger partial charge in [0.15, 0.2) is 5.82 Å². The highest BCUT2D eigenvalue weighted by Gasteiger charge is 2.26. The molecule has 0 amide bonds. The summed E-state index contributed by atoms with van der Waals surface area (Å²) in [5.41, 5.74) is 0. The van der Waals surface area contributed by atoms with Gasteiger partial charge in [0.1, 0.15) is 5.82 Å². The maximum absolute atomic E-state index is 5.43. The number of aromatic nitrogens is 4. The van der Waals surface area contributed by atoms with Gasteiger partial charge in [0.25, 0.3) is 0 Å². The van der Waals surface area contributed by atoms with E-state index in [1.165, 1.54) is 0 Å². The van der Waals surface area contributed by atoms with Crippen LogP contribution in [0.2, 0.25) is 0 Å². The molecule has 2 aromatic heterocycles. The van der Waals surface area contributed by atoms with Crippen molar-refractivity contribution in [3.63, 3.8) is 0 Å².